The first-order chi connectivity index (χ1) is 16.8. The first-order valence-corrected chi connectivity index (χ1v) is 11.1. The summed E-state index contributed by atoms with van der Waals surface area (Å²) in [6.45, 7) is 2.13. The van der Waals surface area contributed by atoms with Gasteiger partial charge in [-0.15, -0.1) is 0 Å². The van der Waals surface area contributed by atoms with Crippen molar-refractivity contribution in [3.63, 3.8) is 0 Å². The number of rotatable bonds is 7. The number of aromatic nitrogens is 2. The topological polar surface area (TPSA) is 91.2 Å². The second-order valence-corrected chi connectivity index (χ2v) is 8.67. The number of hydrogen-bond acceptors (Lipinski definition) is 6. The van der Waals surface area contributed by atoms with Crippen molar-refractivity contribution in [3.05, 3.63) is 59.7 Å². The molecule has 2 aromatic rings. The van der Waals surface area contributed by atoms with Crippen LogP contribution in [0.2, 0.25) is 0 Å². The monoisotopic (exact) mass is 511 g/mol. The van der Waals surface area contributed by atoms with Gasteiger partial charge in [0.2, 0.25) is 5.88 Å². The molecule has 1 aliphatic heterocycles. The summed E-state index contributed by atoms with van der Waals surface area (Å²) in [5.74, 6) is -5.00. The summed E-state index contributed by atoms with van der Waals surface area (Å²) >= 11 is 0. The van der Waals surface area contributed by atoms with E-state index in [4.69, 9.17) is 10.1 Å². The van der Waals surface area contributed by atoms with Gasteiger partial charge in [0, 0.05) is 43.7 Å². The van der Waals surface area contributed by atoms with Crippen LogP contribution in [0.3, 0.4) is 0 Å². The van der Waals surface area contributed by atoms with Crippen molar-refractivity contribution in [2.45, 2.75) is 38.4 Å². The first-order valence-electron chi connectivity index (χ1n) is 11.1. The normalized spacial score (nSPS) is 20.1. The molecule has 2 N–H and O–H groups in total. The molecule has 3 rings (SSSR count). The second-order valence-electron chi connectivity index (χ2n) is 8.67. The van der Waals surface area contributed by atoms with Gasteiger partial charge in [-0.25, -0.2) is 13.8 Å². The number of carbonyl (C=O) groups is 1. The van der Waals surface area contributed by atoms with E-state index < -0.39 is 54.2 Å². The molecular weight excluding hydrogens is 485 g/mol. The second kappa shape index (κ2) is 10.6. The summed E-state index contributed by atoms with van der Waals surface area (Å²) in [6.07, 6.45) is -1.53. The molecule has 0 aromatic carbocycles. The maximum Gasteiger partial charge on any atom is 0.417 e. The number of likely N-dealkylation sites (tertiary alicyclic amines) is 1. The lowest BCUT2D eigenvalue weighted by molar-refractivity contribution is -0.148. The maximum absolute atomic E-state index is 14.5. The van der Waals surface area contributed by atoms with Crippen LogP contribution in [-0.4, -0.2) is 58.7 Å². The summed E-state index contributed by atoms with van der Waals surface area (Å²) in [5, 5.41) is 11.2. The van der Waals surface area contributed by atoms with E-state index in [1.165, 1.54) is 13.1 Å². The lowest BCUT2D eigenvalue weighted by atomic mass is 9.88. The Hall–Kier alpha value is -3.57. The Morgan fingerprint density at radius 2 is 1.97 bits per heavy atom. The van der Waals surface area contributed by atoms with E-state index in [0.717, 1.165) is 22.6 Å². The molecule has 0 bridgehead atoms. The minimum absolute atomic E-state index is 0.119. The molecule has 1 saturated heterocycles. The summed E-state index contributed by atoms with van der Waals surface area (Å²) in [6, 6.07) is 4.31. The molecule has 3 heterocycles. The lowest BCUT2D eigenvalue weighted by Crippen LogP contribution is -2.58. The third-order valence-electron chi connectivity index (χ3n) is 5.77. The van der Waals surface area contributed by atoms with Crippen molar-refractivity contribution in [1.82, 2.24) is 20.2 Å². The number of pyridine rings is 2. The van der Waals surface area contributed by atoms with Crippen molar-refractivity contribution < 1.29 is 31.5 Å². The third-order valence-corrected chi connectivity index (χ3v) is 5.77. The first kappa shape index (κ1) is 27.0. The molecule has 0 spiro atoms. The number of halogens is 5. The molecule has 36 heavy (non-hydrogen) atoms. The molecule has 1 amide bonds. The van der Waals surface area contributed by atoms with E-state index in [2.05, 4.69) is 15.3 Å². The average molecular weight is 511 g/mol. The van der Waals surface area contributed by atoms with Crippen LogP contribution < -0.4 is 10.1 Å². The molecule has 1 unspecified atom stereocenters. The summed E-state index contributed by atoms with van der Waals surface area (Å²) < 4.78 is 72.7. The van der Waals surface area contributed by atoms with Crippen molar-refractivity contribution in [2.75, 3.05) is 20.2 Å². The van der Waals surface area contributed by atoms with Crippen molar-refractivity contribution in [3.8, 4) is 5.88 Å². The lowest BCUT2D eigenvalue weighted by Gasteiger charge is -2.43. The number of nitrogens with one attached hydrogen (secondary N) is 2. The molecule has 0 radical (unpaired) electrons. The quantitative estimate of drug-likeness (QED) is 0.427. The Morgan fingerprint density at radius 1 is 1.25 bits per heavy atom. The fourth-order valence-electron chi connectivity index (χ4n) is 3.93. The fraction of sp³-hybridized carbons (Fsp3) is 0.417. The van der Waals surface area contributed by atoms with Crippen molar-refractivity contribution in [2.24, 2.45) is 5.92 Å². The number of carbonyl (C=O) groups excluding carboxylic acids is 1. The Kier molecular flexibility index (Phi) is 7.95. The molecule has 1 aliphatic rings. The van der Waals surface area contributed by atoms with Crippen LogP contribution in [0.5, 0.6) is 5.88 Å². The summed E-state index contributed by atoms with van der Waals surface area (Å²) in [5.41, 5.74) is -0.207. The van der Waals surface area contributed by atoms with Gasteiger partial charge in [0.05, 0.1) is 23.8 Å². The molecule has 0 aliphatic carbocycles. The largest absolute Gasteiger partial charge is 0.475 e. The van der Waals surface area contributed by atoms with Crippen LogP contribution in [0, 0.1) is 18.3 Å². The number of amides is 1. The van der Waals surface area contributed by atoms with Crippen LogP contribution in [0.4, 0.5) is 22.0 Å². The van der Waals surface area contributed by atoms with E-state index in [0.29, 0.717) is 11.9 Å². The zero-order valence-corrected chi connectivity index (χ0v) is 19.9. The Balaban J connectivity index is 1.84. The highest BCUT2D eigenvalue weighted by atomic mass is 19.4. The van der Waals surface area contributed by atoms with Crippen molar-refractivity contribution >= 4 is 17.2 Å². The number of hydrogen-bond donors (Lipinski definition) is 2. The maximum atomic E-state index is 14.5. The zero-order chi connectivity index (χ0) is 26.7. The SMILES string of the molecule is CN/C=C(\C(=N)C(=O)N1CC(F)(F)C[C@@H](C)C1COc1ccc(C(F)(F)F)cn1)c1ccc(C)cn1. The molecule has 0 saturated carbocycles. The fourth-order valence-corrected chi connectivity index (χ4v) is 3.93. The van der Waals surface area contributed by atoms with Crippen LogP contribution >= 0.6 is 0 Å². The number of ether oxygens (including phenoxy) is 1. The number of piperidine rings is 1. The van der Waals surface area contributed by atoms with Gasteiger partial charge < -0.3 is 15.0 Å². The molecule has 12 heteroatoms. The van der Waals surface area contributed by atoms with Crippen LogP contribution in [0.25, 0.3) is 5.57 Å². The third kappa shape index (κ3) is 6.35. The average Bonchev–Trinajstić information content (AvgIpc) is 2.80. The molecule has 1 fully saturated rings. The van der Waals surface area contributed by atoms with Crippen LogP contribution in [-0.2, 0) is 11.0 Å². The van der Waals surface area contributed by atoms with Gasteiger partial charge in [0.15, 0.2) is 0 Å². The van der Waals surface area contributed by atoms with Crippen LogP contribution in [0.1, 0.15) is 30.2 Å². The molecular formula is C24H26F5N5O2. The van der Waals surface area contributed by atoms with E-state index >= 15 is 0 Å². The standard InChI is InChI=1S/C24H26F5N5O2/c1-14-4-6-18(32-9-14)17(11-31-3)21(30)22(35)34-13-23(25,26)8-15(2)19(34)12-36-20-7-5-16(10-33-20)24(27,28)29/h4-7,9-11,15,19,30-31H,8,12-13H2,1-3H3/b17-11-,30-21?/t15-,19?/m1/s1. The summed E-state index contributed by atoms with van der Waals surface area (Å²) in [7, 11) is 1.57. The number of aryl methyl sites for hydroxylation is 1. The minimum atomic E-state index is -4.57. The summed E-state index contributed by atoms with van der Waals surface area (Å²) in [4.78, 5) is 22.1. The van der Waals surface area contributed by atoms with E-state index in [-0.39, 0.29) is 18.1 Å². The van der Waals surface area contributed by atoms with E-state index in [9.17, 15) is 26.7 Å². The Labute approximate surface area is 204 Å². The zero-order valence-electron chi connectivity index (χ0n) is 19.9. The van der Waals surface area contributed by atoms with Gasteiger partial charge in [-0.2, -0.15) is 13.2 Å². The van der Waals surface area contributed by atoms with Gasteiger partial charge in [0.1, 0.15) is 12.3 Å². The van der Waals surface area contributed by atoms with E-state index in [1.807, 2.05) is 6.92 Å². The molecule has 7 nitrogen and oxygen atoms in total. The molecule has 2 atom stereocenters. The predicted molar refractivity (Wildman–Crippen MR) is 123 cm³/mol. The highest BCUT2D eigenvalue weighted by Gasteiger charge is 2.47. The minimum Gasteiger partial charge on any atom is -0.475 e. The number of nitrogens with zero attached hydrogens (tertiary/aromatic N) is 3. The predicted octanol–water partition coefficient (Wildman–Crippen LogP) is 4.34. The number of alkyl halides is 5. The van der Waals surface area contributed by atoms with Gasteiger partial charge >= 0.3 is 6.18 Å². The smallest absolute Gasteiger partial charge is 0.417 e. The van der Waals surface area contributed by atoms with Gasteiger partial charge in [-0.3, -0.25) is 15.2 Å². The Bertz CT molecular complexity index is 1120. The van der Waals surface area contributed by atoms with E-state index in [1.54, 1.807) is 25.4 Å². The van der Waals surface area contributed by atoms with Gasteiger partial charge in [0.25, 0.3) is 11.8 Å². The highest BCUT2D eigenvalue weighted by Crippen LogP contribution is 2.35. The highest BCUT2D eigenvalue weighted by molar-refractivity contribution is 6.54. The van der Waals surface area contributed by atoms with Crippen LogP contribution in [0.15, 0.2) is 42.9 Å². The van der Waals surface area contributed by atoms with Gasteiger partial charge in [-0.05, 0) is 30.5 Å². The Morgan fingerprint density at radius 3 is 2.53 bits per heavy atom. The molecule has 2 aromatic heterocycles. The van der Waals surface area contributed by atoms with Gasteiger partial charge in [-0.1, -0.05) is 13.0 Å². The van der Waals surface area contributed by atoms with Crippen molar-refractivity contribution in [1.29, 1.82) is 5.41 Å². The molecule has 194 valence electrons.